The van der Waals surface area contributed by atoms with Crippen LogP contribution in [0.15, 0.2) is 0 Å². The number of hydrogen-bond donors (Lipinski definition) is 0. The summed E-state index contributed by atoms with van der Waals surface area (Å²) in [4.78, 5) is 2.75. The molecule has 108 valence electrons. The predicted octanol–water partition coefficient (Wildman–Crippen LogP) is 4.96. The van der Waals surface area contributed by atoms with E-state index in [1.165, 1.54) is 51.6 Å². The van der Waals surface area contributed by atoms with Crippen LogP contribution in [0.3, 0.4) is 0 Å². The largest absolute Gasteiger partial charge is 0.300 e. The summed E-state index contributed by atoms with van der Waals surface area (Å²) in [6.07, 6.45) is 8.52. The quantitative estimate of drug-likeness (QED) is 0.647. The molecule has 1 rings (SSSR count). The zero-order chi connectivity index (χ0) is 13.5. The van der Waals surface area contributed by atoms with Crippen LogP contribution in [0.5, 0.6) is 0 Å². The number of hydrogen-bond acceptors (Lipinski definition) is 1. The molecule has 0 saturated carbocycles. The summed E-state index contributed by atoms with van der Waals surface area (Å²) in [7, 11) is 0. The Bertz CT molecular complexity index is 204. The third-order valence-electron chi connectivity index (χ3n) is 5.26. The van der Waals surface area contributed by atoms with Gasteiger partial charge in [-0.05, 0) is 57.0 Å². The molecule has 0 aromatic carbocycles. The Hall–Kier alpha value is -0.0400. The highest BCUT2D eigenvalue weighted by Gasteiger charge is 2.21. The summed E-state index contributed by atoms with van der Waals surface area (Å²) in [5, 5.41) is 0. The molecule has 1 heterocycles. The molecule has 3 atom stereocenters. The molecule has 0 aromatic rings. The van der Waals surface area contributed by atoms with Gasteiger partial charge < -0.3 is 4.90 Å². The minimum atomic E-state index is 0.780. The van der Waals surface area contributed by atoms with E-state index in [-0.39, 0.29) is 0 Å². The lowest BCUT2D eigenvalue weighted by molar-refractivity contribution is 0.155. The van der Waals surface area contributed by atoms with Crippen LogP contribution in [0.25, 0.3) is 0 Å². The highest BCUT2D eigenvalue weighted by Crippen LogP contribution is 2.24. The van der Waals surface area contributed by atoms with Crippen molar-refractivity contribution in [3.8, 4) is 0 Å². The van der Waals surface area contributed by atoms with Crippen molar-refractivity contribution in [2.75, 3.05) is 13.1 Å². The molecule has 1 nitrogen and oxygen atoms in total. The van der Waals surface area contributed by atoms with Crippen molar-refractivity contribution in [1.82, 2.24) is 4.90 Å². The lowest BCUT2D eigenvalue weighted by Gasteiger charge is -2.33. The molecule has 0 amide bonds. The molecule has 1 fully saturated rings. The highest BCUT2D eigenvalue weighted by atomic mass is 15.1. The minimum absolute atomic E-state index is 0.780. The fraction of sp³-hybridized carbons (Fsp3) is 1.00. The van der Waals surface area contributed by atoms with E-state index in [9.17, 15) is 0 Å². The Labute approximate surface area is 115 Å². The molecular formula is C17H35N. The zero-order valence-electron chi connectivity index (χ0n) is 13.4. The van der Waals surface area contributed by atoms with Crippen LogP contribution in [-0.2, 0) is 0 Å². The van der Waals surface area contributed by atoms with Crippen molar-refractivity contribution in [3.05, 3.63) is 0 Å². The average molecular weight is 253 g/mol. The van der Waals surface area contributed by atoms with Crippen molar-refractivity contribution in [3.63, 3.8) is 0 Å². The molecule has 1 aliphatic rings. The smallest absolute Gasteiger partial charge is 0.00925 e. The van der Waals surface area contributed by atoms with Gasteiger partial charge in [0.25, 0.3) is 0 Å². The summed E-state index contributed by atoms with van der Waals surface area (Å²) in [5.41, 5.74) is 0. The minimum Gasteiger partial charge on any atom is -0.300 e. The Kier molecular flexibility index (Phi) is 7.29. The third-order valence-corrected chi connectivity index (χ3v) is 5.26. The van der Waals surface area contributed by atoms with E-state index in [0.717, 1.165) is 23.8 Å². The summed E-state index contributed by atoms with van der Waals surface area (Å²) >= 11 is 0. The standard InChI is InChI=1S/C17H35N/c1-14(2)15(3)10-11-16(4)17(5)18-12-8-6-7-9-13-18/h14-17H,6-13H2,1-5H3. The molecule has 0 spiro atoms. The number of likely N-dealkylation sites (tertiary alicyclic amines) is 1. The summed E-state index contributed by atoms with van der Waals surface area (Å²) in [6, 6.07) is 0.780. The summed E-state index contributed by atoms with van der Waals surface area (Å²) in [6.45, 7) is 14.7. The van der Waals surface area contributed by atoms with Gasteiger partial charge in [0, 0.05) is 6.04 Å². The molecule has 0 radical (unpaired) electrons. The van der Waals surface area contributed by atoms with Crippen LogP contribution in [0, 0.1) is 17.8 Å². The summed E-state index contributed by atoms with van der Waals surface area (Å²) in [5.74, 6) is 2.57. The van der Waals surface area contributed by atoms with Crippen LogP contribution in [0.1, 0.15) is 73.1 Å². The molecule has 1 saturated heterocycles. The number of rotatable bonds is 6. The Morgan fingerprint density at radius 2 is 1.22 bits per heavy atom. The van der Waals surface area contributed by atoms with Crippen molar-refractivity contribution < 1.29 is 0 Å². The number of nitrogens with zero attached hydrogens (tertiary/aromatic N) is 1. The van der Waals surface area contributed by atoms with E-state index in [4.69, 9.17) is 0 Å². The van der Waals surface area contributed by atoms with Crippen molar-refractivity contribution in [2.45, 2.75) is 79.2 Å². The van der Waals surface area contributed by atoms with Crippen LogP contribution >= 0.6 is 0 Å². The monoisotopic (exact) mass is 253 g/mol. The van der Waals surface area contributed by atoms with Crippen molar-refractivity contribution in [1.29, 1.82) is 0 Å². The average Bonchev–Trinajstić information content (AvgIpc) is 2.63. The molecule has 0 N–H and O–H groups in total. The fourth-order valence-electron chi connectivity index (χ4n) is 2.96. The Morgan fingerprint density at radius 3 is 1.72 bits per heavy atom. The Morgan fingerprint density at radius 1 is 0.722 bits per heavy atom. The molecule has 0 aliphatic carbocycles. The van der Waals surface area contributed by atoms with Crippen molar-refractivity contribution in [2.24, 2.45) is 17.8 Å². The van der Waals surface area contributed by atoms with Gasteiger partial charge in [0.15, 0.2) is 0 Å². The van der Waals surface area contributed by atoms with Gasteiger partial charge in [-0.3, -0.25) is 0 Å². The molecule has 0 bridgehead atoms. The fourth-order valence-corrected chi connectivity index (χ4v) is 2.96. The first kappa shape index (κ1) is 16.0. The maximum atomic E-state index is 2.75. The van der Waals surface area contributed by atoms with Crippen LogP contribution in [0.4, 0.5) is 0 Å². The maximum Gasteiger partial charge on any atom is 0.00925 e. The summed E-state index contributed by atoms with van der Waals surface area (Å²) < 4.78 is 0. The second-order valence-corrected chi connectivity index (χ2v) is 6.97. The molecule has 1 heteroatoms. The first-order valence-corrected chi connectivity index (χ1v) is 8.26. The van der Waals surface area contributed by atoms with E-state index < -0.39 is 0 Å². The zero-order valence-corrected chi connectivity index (χ0v) is 13.4. The predicted molar refractivity (Wildman–Crippen MR) is 81.9 cm³/mol. The van der Waals surface area contributed by atoms with Gasteiger partial charge in [0.05, 0.1) is 0 Å². The van der Waals surface area contributed by atoms with E-state index in [1.807, 2.05) is 0 Å². The van der Waals surface area contributed by atoms with Crippen molar-refractivity contribution >= 4 is 0 Å². The highest BCUT2D eigenvalue weighted by molar-refractivity contribution is 4.75. The van der Waals surface area contributed by atoms with Crippen LogP contribution in [0.2, 0.25) is 0 Å². The molecule has 18 heavy (non-hydrogen) atoms. The van der Waals surface area contributed by atoms with Gasteiger partial charge in [-0.25, -0.2) is 0 Å². The lowest BCUT2D eigenvalue weighted by atomic mass is 9.87. The van der Waals surface area contributed by atoms with Gasteiger partial charge in [-0.15, -0.1) is 0 Å². The van der Waals surface area contributed by atoms with Gasteiger partial charge in [-0.1, -0.05) is 47.0 Å². The maximum absolute atomic E-state index is 2.75. The van der Waals surface area contributed by atoms with E-state index >= 15 is 0 Å². The van der Waals surface area contributed by atoms with Gasteiger partial charge in [0.1, 0.15) is 0 Å². The van der Waals surface area contributed by atoms with E-state index in [2.05, 4.69) is 39.5 Å². The second-order valence-electron chi connectivity index (χ2n) is 6.97. The topological polar surface area (TPSA) is 3.24 Å². The molecular weight excluding hydrogens is 218 g/mol. The first-order chi connectivity index (χ1) is 8.52. The first-order valence-electron chi connectivity index (χ1n) is 8.26. The van der Waals surface area contributed by atoms with Gasteiger partial charge in [-0.2, -0.15) is 0 Å². The second kappa shape index (κ2) is 8.19. The molecule has 0 aromatic heterocycles. The normalized spacial score (nSPS) is 23.7. The van der Waals surface area contributed by atoms with Crippen LogP contribution in [-0.4, -0.2) is 24.0 Å². The SMILES string of the molecule is CC(C)C(C)CCC(C)C(C)N1CCCCCC1. The third kappa shape index (κ3) is 5.30. The van der Waals surface area contributed by atoms with E-state index in [1.54, 1.807) is 0 Å². The molecule has 1 aliphatic heterocycles. The Balaban J connectivity index is 2.32. The molecule has 3 unspecified atom stereocenters. The van der Waals surface area contributed by atoms with Gasteiger partial charge in [0.2, 0.25) is 0 Å². The van der Waals surface area contributed by atoms with Crippen LogP contribution < -0.4 is 0 Å². The van der Waals surface area contributed by atoms with E-state index in [0.29, 0.717) is 0 Å². The van der Waals surface area contributed by atoms with Gasteiger partial charge >= 0.3 is 0 Å². The lowest BCUT2D eigenvalue weighted by Crippen LogP contribution is -2.38.